The van der Waals surface area contributed by atoms with Crippen molar-refractivity contribution < 1.29 is 9.53 Å². The maximum Gasteiger partial charge on any atom is 0.333 e. The first-order chi connectivity index (χ1) is 15.8. The van der Waals surface area contributed by atoms with Crippen molar-refractivity contribution in [1.82, 2.24) is 14.1 Å². The summed E-state index contributed by atoms with van der Waals surface area (Å²) in [5.41, 5.74) is -0.311. The van der Waals surface area contributed by atoms with Crippen LogP contribution in [0.2, 0.25) is 5.02 Å². The van der Waals surface area contributed by atoms with Gasteiger partial charge in [-0.1, -0.05) is 22.9 Å². The van der Waals surface area contributed by atoms with Crippen molar-refractivity contribution in [3.8, 4) is 5.75 Å². The maximum atomic E-state index is 13.2. The monoisotopic (exact) mass is 491 g/mol. The topological polar surface area (TPSA) is 98.5 Å². The number of fused-ring (bicyclic) bond motifs is 1. The summed E-state index contributed by atoms with van der Waals surface area (Å²) < 4.78 is 8.10. The first-order valence-corrected chi connectivity index (χ1v) is 12.0. The number of hydrogen-bond donors (Lipinski definition) is 1. The zero-order chi connectivity index (χ0) is 23.7. The van der Waals surface area contributed by atoms with Gasteiger partial charge in [-0.15, -0.1) is 0 Å². The van der Waals surface area contributed by atoms with Crippen molar-refractivity contribution in [2.24, 2.45) is 0 Å². The molecule has 0 aliphatic carbocycles. The molecule has 176 valence electrons. The van der Waals surface area contributed by atoms with Crippen LogP contribution in [0.25, 0.3) is 10.3 Å². The van der Waals surface area contributed by atoms with Crippen LogP contribution in [0.1, 0.15) is 39.2 Å². The number of rotatable bonds is 6. The first-order valence-electron chi connectivity index (χ1n) is 10.8. The average molecular weight is 492 g/mol. The van der Waals surface area contributed by atoms with Gasteiger partial charge in [0, 0.05) is 24.2 Å². The lowest BCUT2D eigenvalue weighted by Crippen LogP contribution is -2.42. The molecule has 0 spiro atoms. The average Bonchev–Trinajstić information content (AvgIpc) is 3.23. The minimum atomic E-state index is -0.564. The number of hydrogen-bond acceptors (Lipinski definition) is 7. The molecule has 1 aromatic carbocycles. The molecule has 1 N–H and O–H groups in total. The van der Waals surface area contributed by atoms with Crippen LogP contribution in [0.4, 0.5) is 10.8 Å². The van der Waals surface area contributed by atoms with Gasteiger partial charge in [-0.25, -0.2) is 9.78 Å². The van der Waals surface area contributed by atoms with Crippen LogP contribution < -0.4 is 26.2 Å². The van der Waals surface area contributed by atoms with E-state index in [1.807, 2.05) is 0 Å². The molecule has 4 rings (SSSR count). The fourth-order valence-corrected chi connectivity index (χ4v) is 5.20. The first kappa shape index (κ1) is 23.3. The number of benzene rings is 1. The molecule has 2 aromatic heterocycles. The van der Waals surface area contributed by atoms with Crippen molar-refractivity contribution in [2.75, 3.05) is 30.4 Å². The summed E-state index contributed by atoms with van der Waals surface area (Å²) in [4.78, 5) is 46.1. The Bertz CT molecular complexity index is 1310. The van der Waals surface area contributed by atoms with Crippen LogP contribution in [-0.4, -0.2) is 40.2 Å². The van der Waals surface area contributed by atoms with E-state index in [2.05, 4.69) is 15.2 Å². The molecule has 1 fully saturated rings. The maximum absolute atomic E-state index is 13.2. The predicted molar refractivity (Wildman–Crippen MR) is 131 cm³/mol. The fraction of sp³-hybridized carbons (Fsp3) is 0.455. The molecular weight excluding hydrogens is 466 g/mol. The molecule has 33 heavy (non-hydrogen) atoms. The Kier molecular flexibility index (Phi) is 6.76. The number of nitrogens with zero attached hydrogens (tertiary/aromatic N) is 4. The lowest BCUT2D eigenvalue weighted by molar-refractivity contribution is -0.116. The highest BCUT2D eigenvalue weighted by Crippen LogP contribution is 2.29. The van der Waals surface area contributed by atoms with Crippen LogP contribution in [0.15, 0.2) is 27.8 Å². The third-order valence-electron chi connectivity index (χ3n) is 5.58. The molecule has 1 saturated heterocycles. The smallest absolute Gasteiger partial charge is 0.333 e. The van der Waals surface area contributed by atoms with Crippen molar-refractivity contribution in [1.29, 1.82) is 0 Å². The quantitative estimate of drug-likeness (QED) is 0.566. The number of thiazole rings is 1. The highest BCUT2D eigenvalue weighted by Gasteiger charge is 2.23. The van der Waals surface area contributed by atoms with Gasteiger partial charge >= 0.3 is 5.69 Å². The molecule has 0 bridgehead atoms. The van der Waals surface area contributed by atoms with Crippen LogP contribution in [0.5, 0.6) is 5.75 Å². The minimum Gasteiger partial charge on any atom is -0.495 e. The predicted octanol–water partition coefficient (Wildman–Crippen LogP) is 3.49. The molecule has 11 heteroatoms. The molecule has 9 nitrogen and oxygen atoms in total. The van der Waals surface area contributed by atoms with E-state index in [0.717, 1.165) is 25.9 Å². The third-order valence-corrected chi connectivity index (χ3v) is 6.91. The zero-order valence-corrected chi connectivity index (χ0v) is 20.3. The van der Waals surface area contributed by atoms with Gasteiger partial charge in [0.25, 0.3) is 5.56 Å². The summed E-state index contributed by atoms with van der Waals surface area (Å²) in [6, 6.07) is 4.51. The van der Waals surface area contributed by atoms with Gasteiger partial charge in [0.05, 0.1) is 12.8 Å². The molecule has 3 heterocycles. The van der Waals surface area contributed by atoms with E-state index in [0.29, 0.717) is 26.3 Å². The number of carbonyl (C=O) groups excluding carboxylic acids is 1. The van der Waals surface area contributed by atoms with E-state index in [1.54, 1.807) is 32.0 Å². The Hall–Kier alpha value is -2.85. The second-order valence-electron chi connectivity index (χ2n) is 8.23. The van der Waals surface area contributed by atoms with Gasteiger partial charge in [0.2, 0.25) is 5.91 Å². The summed E-state index contributed by atoms with van der Waals surface area (Å²) >= 11 is 7.33. The van der Waals surface area contributed by atoms with Gasteiger partial charge < -0.3 is 15.0 Å². The number of carbonyl (C=O) groups is 1. The van der Waals surface area contributed by atoms with E-state index in [9.17, 15) is 14.4 Å². The number of nitrogens with one attached hydrogen (secondary N) is 1. The number of amides is 1. The van der Waals surface area contributed by atoms with E-state index in [-0.39, 0.29) is 23.8 Å². The molecule has 0 saturated carbocycles. The van der Waals surface area contributed by atoms with Crippen LogP contribution in [0, 0.1) is 0 Å². The summed E-state index contributed by atoms with van der Waals surface area (Å²) in [7, 11) is 1.49. The Balaban J connectivity index is 1.76. The minimum absolute atomic E-state index is 0.237. The third kappa shape index (κ3) is 4.63. The number of anilines is 2. The summed E-state index contributed by atoms with van der Waals surface area (Å²) in [5.74, 6) is -0.0149. The SMILES string of the molecule is COc1ccc(Cl)cc1NC(=O)Cn1c(=O)n(C(C)C)c(=O)c2sc(N3CCCCC3)nc21. The number of halogens is 1. The standard InChI is InChI=1S/C22H26ClN5O4S/c1-13(2)28-20(30)18-19(25-21(33-18)26-9-5-4-6-10-26)27(22(28)31)12-17(29)24-15-11-14(23)7-8-16(15)32-3/h7-8,11,13H,4-6,9-10,12H2,1-3H3,(H,24,29). The lowest BCUT2D eigenvalue weighted by atomic mass is 10.1. The Labute approximate surface area is 199 Å². The van der Waals surface area contributed by atoms with Crippen molar-refractivity contribution in [3.05, 3.63) is 44.1 Å². The molecule has 0 unspecified atom stereocenters. The van der Waals surface area contributed by atoms with Gasteiger partial charge in [-0.05, 0) is 51.3 Å². The molecular formula is C22H26ClN5O4S. The van der Waals surface area contributed by atoms with Crippen molar-refractivity contribution >= 4 is 50.0 Å². The molecule has 1 amide bonds. The molecule has 1 aliphatic heterocycles. The number of methoxy groups -OCH3 is 1. The van der Waals surface area contributed by atoms with Gasteiger partial charge in [-0.3, -0.25) is 18.7 Å². The highest BCUT2D eigenvalue weighted by molar-refractivity contribution is 7.22. The number of aromatic nitrogens is 3. The van der Waals surface area contributed by atoms with Crippen molar-refractivity contribution in [2.45, 2.75) is 45.7 Å². The van der Waals surface area contributed by atoms with E-state index >= 15 is 0 Å². The van der Waals surface area contributed by atoms with Crippen LogP contribution in [-0.2, 0) is 11.3 Å². The van der Waals surface area contributed by atoms with Gasteiger partial charge in [0.15, 0.2) is 10.8 Å². The fourth-order valence-electron chi connectivity index (χ4n) is 3.97. The van der Waals surface area contributed by atoms with Gasteiger partial charge in [-0.2, -0.15) is 0 Å². The Morgan fingerprint density at radius 2 is 1.97 bits per heavy atom. The highest BCUT2D eigenvalue weighted by atomic mass is 35.5. The van der Waals surface area contributed by atoms with E-state index < -0.39 is 11.6 Å². The van der Waals surface area contributed by atoms with Crippen molar-refractivity contribution in [3.63, 3.8) is 0 Å². The van der Waals surface area contributed by atoms with Crippen LogP contribution in [0.3, 0.4) is 0 Å². The van der Waals surface area contributed by atoms with E-state index in [1.165, 1.54) is 34.0 Å². The number of ether oxygens (including phenoxy) is 1. The van der Waals surface area contributed by atoms with Crippen LogP contribution >= 0.6 is 22.9 Å². The Morgan fingerprint density at radius 1 is 1.24 bits per heavy atom. The second kappa shape index (κ2) is 9.56. The van der Waals surface area contributed by atoms with Gasteiger partial charge in [0.1, 0.15) is 17.0 Å². The molecule has 3 aromatic rings. The normalized spacial score (nSPS) is 14.2. The second-order valence-corrected chi connectivity index (χ2v) is 9.64. The zero-order valence-electron chi connectivity index (χ0n) is 18.8. The lowest BCUT2D eigenvalue weighted by Gasteiger charge is -2.25. The summed E-state index contributed by atoms with van der Waals surface area (Å²) in [6.45, 7) is 4.95. The molecule has 1 aliphatic rings. The number of piperidine rings is 1. The molecule has 0 radical (unpaired) electrons. The summed E-state index contributed by atoms with van der Waals surface area (Å²) in [5, 5.41) is 3.88. The molecule has 0 atom stereocenters. The largest absolute Gasteiger partial charge is 0.495 e. The summed E-state index contributed by atoms with van der Waals surface area (Å²) in [6.07, 6.45) is 3.28. The van der Waals surface area contributed by atoms with E-state index in [4.69, 9.17) is 16.3 Å². The Morgan fingerprint density at radius 3 is 2.64 bits per heavy atom.